The van der Waals surface area contributed by atoms with Crippen LogP contribution in [0.25, 0.3) is 0 Å². The molecular weight excluding hydrogens is 133 g/mol. The van der Waals surface area contributed by atoms with E-state index in [0.717, 1.165) is 6.07 Å². The molecule has 0 spiro atoms. The number of hydrogen-bond acceptors (Lipinski definition) is 0. The normalized spacial score (nSPS) is 9.50. The molecule has 0 aliphatic heterocycles. The lowest BCUT2D eigenvalue weighted by Gasteiger charge is -1.94. The second-order valence-electron chi connectivity index (χ2n) is 1.99. The van der Waals surface area contributed by atoms with Crippen LogP contribution < -0.4 is 5.46 Å². The highest BCUT2D eigenvalue weighted by atomic mass is 19.1. The minimum Gasteiger partial charge on any atom is -0.207 e. The summed E-state index contributed by atoms with van der Waals surface area (Å²) in [4.78, 5) is 0. The van der Waals surface area contributed by atoms with Crippen molar-refractivity contribution in [2.75, 3.05) is 0 Å². The van der Waals surface area contributed by atoms with Crippen molar-refractivity contribution in [3.63, 3.8) is 0 Å². The standard InChI is InChI=1S/C7H6BF2/c1-8-5-2-6(9)4-7(10)3-5/h2-4H,1H3. The first-order valence-corrected chi connectivity index (χ1v) is 2.98. The van der Waals surface area contributed by atoms with Gasteiger partial charge in [0.2, 0.25) is 0 Å². The van der Waals surface area contributed by atoms with Gasteiger partial charge in [-0.15, -0.1) is 0 Å². The van der Waals surface area contributed by atoms with E-state index in [4.69, 9.17) is 0 Å². The fraction of sp³-hybridized carbons (Fsp3) is 0.143. The Morgan fingerprint density at radius 3 is 2.00 bits per heavy atom. The van der Waals surface area contributed by atoms with Gasteiger partial charge in [-0.3, -0.25) is 0 Å². The highest BCUT2D eigenvalue weighted by Crippen LogP contribution is 1.98. The van der Waals surface area contributed by atoms with Crippen LogP contribution in [0.1, 0.15) is 0 Å². The molecule has 3 heteroatoms. The van der Waals surface area contributed by atoms with Crippen LogP contribution in [-0.2, 0) is 0 Å². The second-order valence-corrected chi connectivity index (χ2v) is 1.99. The Labute approximate surface area is 59.1 Å². The summed E-state index contributed by atoms with van der Waals surface area (Å²) in [5.74, 6) is -1.07. The summed E-state index contributed by atoms with van der Waals surface area (Å²) in [5, 5.41) is 0. The Morgan fingerprint density at radius 2 is 1.60 bits per heavy atom. The number of hydrogen-bond donors (Lipinski definition) is 0. The van der Waals surface area contributed by atoms with Crippen LogP contribution in [0, 0.1) is 11.6 Å². The number of halogens is 2. The molecule has 1 radical (unpaired) electrons. The maximum absolute atomic E-state index is 12.4. The van der Waals surface area contributed by atoms with Crippen LogP contribution in [-0.4, -0.2) is 7.28 Å². The van der Waals surface area contributed by atoms with E-state index in [2.05, 4.69) is 0 Å². The van der Waals surface area contributed by atoms with Crippen LogP contribution in [0.2, 0.25) is 6.82 Å². The Balaban J connectivity index is 3.06. The van der Waals surface area contributed by atoms with Crippen molar-refractivity contribution in [1.29, 1.82) is 0 Å². The van der Waals surface area contributed by atoms with Crippen LogP contribution >= 0.6 is 0 Å². The predicted molar refractivity (Wildman–Crippen MR) is 37.6 cm³/mol. The van der Waals surface area contributed by atoms with Crippen LogP contribution in [0.15, 0.2) is 18.2 Å². The monoisotopic (exact) mass is 139 g/mol. The second kappa shape index (κ2) is 2.82. The molecular formula is C7H6BF2. The van der Waals surface area contributed by atoms with Crippen molar-refractivity contribution in [2.24, 2.45) is 0 Å². The highest BCUT2D eigenvalue weighted by molar-refractivity contribution is 6.51. The zero-order chi connectivity index (χ0) is 7.56. The maximum Gasteiger partial charge on any atom is 0.148 e. The van der Waals surface area contributed by atoms with Gasteiger partial charge in [0.05, 0.1) is 0 Å². The first-order valence-electron chi connectivity index (χ1n) is 2.98. The topological polar surface area (TPSA) is 0 Å². The van der Waals surface area contributed by atoms with Gasteiger partial charge >= 0.3 is 0 Å². The highest BCUT2D eigenvalue weighted by Gasteiger charge is 1.97. The zero-order valence-electron chi connectivity index (χ0n) is 5.57. The van der Waals surface area contributed by atoms with Crippen molar-refractivity contribution >= 4 is 12.7 Å². The fourth-order valence-corrected chi connectivity index (χ4v) is 0.742. The summed E-state index contributed by atoms with van der Waals surface area (Å²) in [5.41, 5.74) is 0.567. The van der Waals surface area contributed by atoms with Crippen LogP contribution in [0.3, 0.4) is 0 Å². The average molecular weight is 139 g/mol. The molecule has 1 aromatic carbocycles. The number of rotatable bonds is 1. The largest absolute Gasteiger partial charge is 0.207 e. The van der Waals surface area contributed by atoms with E-state index >= 15 is 0 Å². The summed E-state index contributed by atoms with van der Waals surface area (Å²) >= 11 is 0. The van der Waals surface area contributed by atoms with Crippen molar-refractivity contribution in [2.45, 2.75) is 6.82 Å². The minimum atomic E-state index is -0.534. The van der Waals surface area contributed by atoms with Gasteiger partial charge in [0.1, 0.15) is 18.9 Å². The van der Waals surface area contributed by atoms with E-state index in [0.29, 0.717) is 5.46 Å². The molecule has 0 saturated carbocycles. The summed E-state index contributed by atoms with van der Waals surface area (Å²) in [6, 6.07) is 3.42. The molecule has 51 valence electrons. The fourth-order valence-electron chi connectivity index (χ4n) is 0.742. The molecule has 0 amide bonds. The zero-order valence-corrected chi connectivity index (χ0v) is 5.57. The molecule has 0 heterocycles. The third kappa shape index (κ3) is 1.56. The molecule has 10 heavy (non-hydrogen) atoms. The maximum atomic E-state index is 12.4. The van der Waals surface area contributed by atoms with Crippen molar-refractivity contribution in [1.82, 2.24) is 0 Å². The van der Waals surface area contributed by atoms with Gasteiger partial charge in [-0.05, 0) is 12.1 Å². The molecule has 0 fully saturated rings. The third-order valence-corrected chi connectivity index (χ3v) is 1.22. The van der Waals surface area contributed by atoms with E-state index < -0.39 is 11.6 Å². The Bertz CT molecular complexity index is 215. The van der Waals surface area contributed by atoms with Crippen molar-refractivity contribution in [3.05, 3.63) is 29.8 Å². The Hall–Kier alpha value is -0.855. The van der Waals surface area contributed by atoms with Crippen LogP contribution in [0.5, 0.6) is 0 Å². The van der Waals surface area contributed by atoms with E-state index in [1.54, 1.807) is 14.1 Å². The molecule has 1 rings (SSSR count). The Kier molecular flexibility index (Phi) is 2.04. The quantitative estimate of drug-likeness (QED) is 0.515. The average Bonchev–Trinajstić information content (AvgIpc) is 1.85. The SMILES string of the molecule is C[B]c1cc(F)cc(F)c1. The van der Waals surface area contributed by atoms with E-state index in [1.807, 2.05) is 0 Å². The summed E-state index contributed by atoms with van der Waals surface area (Å²) in [6.07, 6.45) is 0. The van der Waals surface area contributed by atoms with E-state index in [1.165, 1.54) is 12.1 Å². The lowest BCUT2D eigenvalue weighted by molar-refractivity contribution is 0.585. The van der Waals surface area contributed by atoms with Gasteiger partial charge in [0.15, 0.2) is 0 Å². The van der Waals surface area contributed by atoms with E-state index in [9.17, 15) is 8.78 Å². The minimum absolute atomic E-state index is 0.534. The first kappa shape index (κ1) is 7.25. The van der Waals surface area contributed by atoms with Crippen molar-refractivity contribution < 1.29 is 8.78 Å². The smallest absolute Gasteiger partial charge is 0.148 e. The predicted octanol–water partition coefficient (Wildman–Crippen LogP) is 1.34. The molecule has 0 aromatic heterocycles. The molecule has 0 nitrogen and oxygen atoms in total. The third-order valence-electron chi connectivity index (χ3n) is 1.22. The van der Waals surface area contributed by atoms with E-state index in [-0.39, 0.29) is 0 Å². The Morgan fingerprint density at radius 1 is 1.10 bits per heavy atom. The molecule has 0 bridgehead atoms. The molecule has 0 N–H and O–H groups in total. The van der Waals surface area contributed by atoms with Gasteiger partial charge in [-0.1, -0.05) is 12.3 Å². The summed E-state index contributed by atoms with van der Waals surface area (Å²) < 4.78 is 24.7. The number of benzene rings is 1. The first-order chi connectivity index (χ1) is 4.72. The summed E-state index contributed by atoms with van der Waals surface area (Å²) in [7, 11) is 1.64. The molecule has 0 aliphatic rings. The van der Waals surface area contributed by atoms with Gasteiger partial charge in [0, 0.05) is 6.07 Å². The molecule has 0 aliphatic carbocycles. The van der Waals surface area contributed by atoms with Gasteiger partial charge in [-0.25, -0.2) is 8.78 Å². The lowest BCUT2D eigenvalue weighted by atomic mass is 9.73. The summed E-state index contributed by atoms with van der Waals surface area (Å²) in [6.45, 7) is 1.73. The molecule has 0 saturated heterocycles. The molecule has 0 atom stereocenters. The lowest BCUT2D eigenvalue weighted by Crippen LogP contribution is -2.11. The molecule has 1 aromatic rings. The van der Waals surface area contributed by atoms with Gasteiger partial charge in [0.25, 0.3) is 0 Å². The van der Waals surface area contributed by atoms with Gasteiger partial charge in [-0.2, -0.15) is 0 Å². The van der Waals surface area contributed by atoms with Crippen molar-refractivity contribution in [3.8, 4) is 0 Å². The van der Waals surface area contributed by atoms with Gasteiger partial charge < -0.3 is 0 Å². The van der Waals surface area contributed by atoms with Crippen LogP contribution in [0.4, 0.5) is 8.78 Å². The molecule has 0 unspecified atom stereocenters.